The van der Waals surface area contributed by atoms with Crippen LogP contribution in [0.4, 0.5) is 0 Å². The first-order chi connectivity index (χ1) is 6.23. The third-order valence-corrected chi connectivity index (χ3v) is 2.67. The van der Waals surface area contributed by atoms with Crippen LogP contribution < -0.4 is 0 Å². The third kappa shape index (κ3) is 1.22. The average molecular weight is 184 g/mol. The molecule has 0 amide bonds. The summed E-state index contributed by atoms with van der Waals surface area (Å²) in [5.41, 5.74) is -0.492. The molecule has 2 aliphatic rings. The zero-order valence-electron chi connectivity index (χ0n) is 7.86. The van der Waals surface area contributed by atoms with Crippen molar-refractivity contribution in [1.82, 2.24) is 0 Å². The summed E-state index contributed by atoms with van der Waals surface area (Å²) < 4.78 is 21.5. The fourth-order valence-corrected chi connectivity index (χ4v) is 2.16. The third-order valence-electron chi connectivity index (χ3n) is 2.67. The Kier molecular flexibility index (Phi) is 2.36. The Hall–Kier alpha value is -0.0951. The van der Waals surface area contributed by atoms with Crippen molar-refractivity contribution in [1.29, 1.82) is 0 Å². The summed E-state index contributed by atoms with van der Waals surface area (Å²) >= 11 is 0. The Morgan fingerprint density at radius 1 is 1.54 bits per heavy atom. The van der Waals surface area contributed by atoms with E-state index in [0.717, 1.165) is 0 Å². The van der Waals surface area contributed by atoms with Gasteiger partial charge in [-0.2, -0.15) is 0 Å². The van der Waals surface area contributed by atoms with Crippen molar-refractivity contribution >= 4 is 7.85 Å². The highest BCUT2D eigenvalue weighted by molar-refractivity contribution is 6.11. The summed E-state index contributed by atoms with van der Waals surface area (Å²) in [5.74, 6) is 0. The fourth-order valence-electron chi connectivity index (χ4n) is 2.16. The van der Waals surface area contributed by atoms with Crippen LogP contribution in [-0.4, -0.2) is 59.1 Å². The molecule has 2 aliphatic heterocycles. The van der Waals surface area contributed by atoms with Crippen LogP contribution in [-0.2, 0) is 18.9 Å². The molecule has 0 aromatic rings. The van der Waals surface area contributed by atoms with Crippen LogP contribution in [0.2, 0.25) is 0 Å². The molecule has 2 radical (unpaired) electrons. The van der Waals surface area contributed by atoms with Gasteiger partial charge >= 0.3 is 0 Å². The van der Waals surface area contributed by atoms with Crippen LogP contribution in [0.15, 0.2) is 0 Å². The maximum atomic E-state index is 5.72. The zero-order chi connectivity index (χ0) is 9.47. The standard InChI is InChI=1S/C8H13BO4/c1-10-3-8-4-12-5(6(8)11-2)7(9)13-8/h5-7H,3-4H2,1-2H3/t5?,6?,7-,8+/m1/s1. The van der Waals surface area contributed by atoms with Gasteiger partial charge in [0.05, 0.1) is 13.2 Å². The first-order valence-electron chi connectivity index (χ1n) is 4.30. The maximum Gasteiger partial charge on any atom is 0.143 e. The quantitative estimate of drug-likeness (QED) is 0.544. The van der Waals surface area contributed by atoms with Crippen molar-refractivity contribution < 1.29 is 18.9 Å². The molecule has 0 aliphatic carbocycles. The maximum absolute atomic E-state index is 5.72. The number of rotatable bonds is 3. The molecular formula is C8H13BO4. The number of fused-ring (bicyclic) bond motifs is 2. The van der Waals surface area contributed by atoms with Crippen LogP contribution in [0.3, 0.4) is 0 Å². The van der Waals surface area contributed by atoms with Gasteiger partial charge in [-0.05, 0) is 0 Å². The van der Waals surface area contributed by atoms with E-state index in [4.69, 9.17) is 26.8 Å². The highest BCUT2D eigenvalue weighted by atomic mass is 16.7. The monoisotopic (exact) mass is 184 g/mol. The predicted molar refractivity (Wildman–Crippen MR) is 45.8 cm³/mol. The lowest BCUT2D eigenvalue weighted by Crippen LogP contribution is -2.45. The predicted octanol–water partition coefficient (Wildman–Crippen LogP) is -0.690. The topological polar surface area (TPSA) is 36.9 Å². The normalized spacial score (nSPS) is 48.6. The molecule has 0 aromatic carbocycles. The number of methoxy groups -OCH3 is 2. The van der Waals surface area contributed by atoms with Crippen LogP contribution in [0, 0.1) is 0 Å². The van der Waals surface area contributed by atoms with Crippen LogP contribution >= 0.6 is 0 Å². The van der Waals surface area contributed by atoms with Crippen molar-refractivity contribution in [2.75, 3.05) is 27.4 Å². The van der Waals surface area contributed by atoms with Crippen LogP contribution in [0.1, 0.15) is 0 Å². The van der Waals surface area contributed by atoms with E-state index in [1.165, 1.54) is 0 Å². The molecule has 2 saturated heterocycles. The Bertz CT molecular complexity index is 201. The van der Waals surface area contributed by atoms with E-state index in [-0.39, 0.29) is 12.2 Å². The van der Waals surface area contributed by atoms with E-state index in [2.05, 4.69) is 0 Å². The average Bonchev–Trinajstić information content (AvgIpc) is 2.55. The lowest BCUT2D eigenvalue weighted by atomic mass is 9.92. The van der Waals surface area contributed by atoms with Crippen LogP contribution in [0.5, 0.6) is 0 Å². The number of hydrogen-bond acceptors (Lipinski definition) is 4. The van der Waals surface area contributed by atoms with Gasteiger partial charge in [0.25, 0.3) is 0 Å². The second-order valence-electron chi connectivity index (χ2n) is 3.51. The molecule has 13 heavy (non-hydrogen) atoms. The summed E-state index contributed by atoms with van der Waals surface area (Å²) in [5, 5.41) is 0. The summed E-state index contributed by atoms with van der Waals surface area (Å²) in [6.07, 6.45) is -0.261. The lowest BCUT2D eigenvalue weighted by Gasteiger charge is -2.29. The minimum atomic E-state index is -0.492. The van der Waals surface area contributed by atoms with Crippen molar-refractivity contribution in [3.63, 3.8) is 0 Å². The SMILES string of the molecule is [B][C@@H]1O[C@@]2(COC)COC1C2OC. The second kappa shape index (κ2) is 3.24. The molecule has 0 N–H and O–H groups in total. The van der Waals surface area contributed by atoms with E-state index in [9.17, 15) is 0 Å². The molecular weight excluding hydrogens is 171 g/mol. The molecule has 0 spiro atoms. The summed E-state index contributed by atoms with van der Waals surface area (Å²) in [6.45, 7) is 0.952. The van der Waals surface area contributed by atoms with Crippen molar-refractivity contribution in [3.8, 4) is 0 Å². The molecule has 2 bridgehead atoms. The molecule has 2 heterocycles. The van der Waals surface area contributed by atoms with Gasteiger partial charge in [0.1, 0.15) is 25.7 Å². The molecule has 2 fully saturated rings. The van der Waals surface area contributed by atoms with Gasteiger partial charge in [0, 0.05) is 20.2 Å². The van der Waals surface area contributed by atoms with E-state index < -0.39 is 11.6 Å². The molecule has 2 unspecified atom stereocenters. The van der Waals surface area contributed by atoms with E-state index in [1.54, 1.807) is 14.2 Å². The van der Waals surface area contributed by atoms with Gasteiger partial charge in [-0.15, -0.1) is 0 Å². The minimum Gasteiger partial charge on any atom is -0.381 e. The summed E-state index contributed by atoms with van der Waals surface area (Å²) in [6, 6.07) is -0.395. The minimum absolute atomic E-state index is 0.109. The zero-order valence-corrected chi connectivity index (χ0v) is 7.86. The van der Waals surface area contributed by atoms with E-state index in [1.807, 2.05) is 0 Å². The van der Waals surface area contributed by atoms with Gasteiger partial charge in [-0.1, -0.05) is 0 Å². The summed E-state index contributed by atoms with van der Waals surface area (Å²) in [7, 11) is 8.98. The van der Waals surface area contributed by atoms with Crippen LogP contribution in [0.25, 0.3) is 0 Å². The van der Waals surface area contributed by atoms with Gasteiger partial charge in [0.15, 0.2) is 0 Å². The Balaban J connectivity index is 2.17. The first kappa shape index (κ1) is 9.46. The Labute approximate surface area is 78.9 Å². The molecule has 2 rings (SSSR count). The van der Waals surface area contributed by atoms with E-state index >= 15 is 0 Å². The van der Waals surface area contributed by atoms with E-state index in [0.29, 0.717) is 13.2 Å². The first-order valence-corrected chi connectivity index (χ1v) is 4.30. The summed E-state index contributed by atoms with van der Waals surface area (Å²) in [4.78, 5) is 0. The highest BCUT2D eigenvalue weighted by Gasteiger charge is 2.60. The largest absolute Gasteiger partial charge is 0.381 e. The molecule has 0 aromatic heterocycles. The lowest BCUT2D eigenvalue weighted by molar-refractivity contribution is -0.144. The fraction of sp³-hybridized carbons (Fsp3) is 1.00. The molecule has 72 valence electrons. The molecule has 5 heteroatoms. The second-order valence-corrected chi connectivity index (χ2v) is 3.51. The van der Waals surface area contributed by atoms with Gasteiger partial charge in [-0.25, -0.2) is 0 Å². The molecule has 0 saturated carbocycles. The Morgan fingerprint density at radius 3 is 2.85 bits per heavy atom. The van der Waals surface area contributed by atoms with Crippen molar-refractivity contribution in [3.05, 3.63) is 0 Å². The van der Waals surface area contributed by atoms with Gasteiger partial charge in [-0.3, -0.25) is 0 Å². The molecule has 4 atom stereocenters. The highest BCUT2D eigenvalue weighted by Crippen LogP contribution is 2.40. The smallest absolute Gasteiger partial charge is 0.143 e. The number of ether oxygens (including phenoxy) is 4. The number of hydrogen-bond donors (Lipinski definition) is 0. The Morgan fingerprint density at radius 2 is 2.31 bits per heavy atom. The van der Waals surface area contributed by atoms with Crippen molar-refractivity contribution in [2.45, 2.75) is 23.8 Å². The molecule has 4 nitrogen and oxygen atoms in total. The van der Waals surface area contributed by atoms with Gasteiger partial charge in [0.2, 0.25) is 0 Å². The van der Waals surface area contributed by atoms with Gasteiger partial charge < -0.3 is 18.9 Å². The van der Waals surface area contributed by atoms with Crippen molar-refractivity contribution in [2.24, 2.45) is 0 Å².